The molecule has 3 atom stereocenters. The van der Waals surface area contributed by atoms with Gasteiger partial charge in [0, 0.05) is 11.0 Å². The van der Waals surface area contributed by atoms with Crippen molar-refractivity contribution in [3.63, 3.8) is 0 Å². The molecule has 0 amide bonds. The topological polar surface area (TPSA) is 52.3 Å². The Kier molecular flexibility index (Phi) is 7.38. The van der Waals surface area contributed by atoms with Crippen LogP contribution < -0.4 is 5.73 Å². The van der Waals surface area contributed by atoms with Gasteiger partial charge in [-0.25, -0.2) is 0 Å². The van der Waals surface area contributed by atoms with E-state index in [0.717, 1.165) is 12.0 Å². The fourth-order valence-electron chi connectivity index (χ4n) is 2.94. The van der Waals surface area contributed by atoms with Crippen molar-refractivity contribution >= 4 is 17.7 Å². The third-order valence-electron chi connectivity index (χ3n) is 4.71. The largest absolute Gasteiger partial charge is 0.460 e. The summed E-state index contributed by atoms with van der Waals surface area (Å²) in [6, 6.07) is 9.15. The quantitative estimate of drug-likeness (QED) is 0.615. The van der Waals surface area contributed by atoms with Crippen molar-refractivity contribution in [2.24, 2.45) is 11.7 Å². The van der Waals surface area contributed by atoms with Gasteiger partial charge in [-0.15, -0.1) is 0 Å². The molecule has 1 saturated carbocycles. The van der Waals surface area contributed by atoms with Crippen LogP contribution in [0.25, 0.3) is 0 Å². The molecule has 0 bridgehead atoms. The maximum absolute atomic E-state index is 12.1. The van der Waals surface area contributed by atoms with Gasteiger partial charge in [-0.05, 0) is 44.6 Å². The number of carbonyl (C=O) groups is 1. The maximum atomic E-state index is 12.1. The van der Waals surface area contributed by atoms with Gasteiger partial charge in [-0.1, -0.05) is 48.4 Å². The Morgan fingerprint density at radius 1 is 1.33 bits per heavy atom. The van der Waals surface area contributed by atoms with Crippen LogP contribution in [0.5, 0.6) is 0 Å². The van der Waals surface area contributed by atoms with Crippen molar-refractivity contribution in [3.8, 4) is 0 Å². The van der Waals surface area contributed by atoms with Gasteiger partial charge in [0.25, 0.3) is 0 Å². The van der Waals surface area contributed by atoms with Gasteiger partial charge in [0.05, 0.1) is 0 Å². The van der Waals surface area contributed by atoms with Crippen LogP contribution in [0.2, 0.25) is 0 Å². The molecule has 4 heteroatoms. The Balaban J connectivity index is 1.78. The van der Waals surface area contributed by atoms with E-state index in [1.54, 1.807) is 5.57 Å². The highest BCUT2D eigenvalue weighted by molar-refractivity contribution is 8.00. The fourth-order valence-corrected chi connectivity index (χ4v) is 4.32. The van der Waals surface area contributed by atoms with Crippen molar-refractivity contribution < 1.29 is 9.53 Å². The molecule has 24 heavy (non-hydrogen) atoms. The predicted octanol–water partition coefficient (Wildman–Crippen LogP) is 4.32. The molecule has 0 aliphatic heterocycles. The molecule has 3 nitrogen and oxygen atoms in total. The minimum absolute atomic E-state index is 0.291. The summed E-state index contributed by atoms with van der Waals surface area (Å²) in [5, 5.41) is 0.552. The summed E-state index contributed by atoms with van der Waals surface area (Å²) in [6.45, 7) is 6.98. The first-order chi connectivity index (χ1) is 11.5. The van der Waals surface area contributed by atoms with Gasteiger partial charge in [0.2, 0.25) is 0 Å². The zero-order chi connectivity index (χ0) is 17.5. The Bertz CT molecular complexity index is 566. The van der Waals surface area contributed by atoms with Crippen molar-refractivity contribution in [3.05, 3.63) is 47.0 Å². The van der Waals surface area contributed by atoms with Crippen LogP contribution in [-0.4, -0.2) is 23.0 Å². The molecular formula is C20H29NO2S. The van der Waals surface area contributed by atoms with E-state index in [9.17, 15) is 4.79 Å². The zero-order valence-corrected chi connectivity index (χ0v) is 15.8. The molecule has 132 valence electrons. The highest BCUT2D eigenvalue weighted by Gasteiger charge is 2.26. The number of nitrogens with two attached hydrogens (primary N) is 1. The average molecular weight is 348 g/mol. The number of carbonyl (C=O) groups excluding carboxylic acids is 1. The normalized spacial score (nSPS) is 22.1. The zero-order valence-electron chi connectivity index (χ0n) is 15.0. The molecule has 1 aromatic carbocycles. The Hall–Kier alpha value is -1.26. The third-order valence-corrected chi connectivity index (χ3v) is 6.32. The number of ether oxygens (including phenoxy) is 1. The molecule has 0 heterocycles. The highest BCUT2D eigenvalue weighted by Crippen LogP contribution is 2.37. The molecule has 2 unspecified atom stereocenters. The second kappa shape index (κ2) is 9.28. The molecule has 1 aromatic rings. The number of allylic oxidation sites excluding steroid dienone is 2. The molecule has 2 N–H and O–H groups in total. The molecule has 0 spiro atoms. The number of rotatable bonds is 6. The van der Waals surface area contributed by atoms with E-state index in [2.05, 4.69) is 20.8 Å². The van der Waals surface area contributed by atoms with Crippen LogP contribution in [0.15, 0.2) is 41.5 Å². The van der Waals surface area contributed by atoms with E-state index in [1.807, 2.05) is 42.1 Å². The van der Waals surface area contributed by atoms with Crippen molar-refractivity contribution in [2.75, 3.05) is 5.75 Å². The van der Waals surface area contributed by atoms with Gasteiger partial charge in [-0.2, -0.15) is 11.8 Å². The van der Waals surface area contributed by atoms with Crippen LogP contribution in [-0.2, 0) is 16.1 Å². The molecule has 0 aromatic heterocycles. The maximum Gasteiger partial charge on any atom is 0.324 e. The minimum atomic E-state index is -0.553. The molecule has 1 aliphatic carbocycles. The van der Waals surface area contributed by atoms with Gasteiger partial charge < -0.3 is 10.5 Å². The first-order valence-electron chi connectivity index (χ1n) is 8.70. The number of esters is 1. The fraction of sp³-hybridized carbons (Fsp3) is 0.550. The van der Waals surface area contributed by atoms with E-state index in [0.29, 0.717) is 23.5 Å². The van der Waals surface area contributed by atoms with Crippen molar-refractivity contribution in [1.29, 1.82) is 0 Å². The third kappa shape index (κ3) is 5.67. The number of benzene rings is 1. The van der Waals surface area contributed by atoms with Crippen LogP contribution >= 0.6 is 11.8 Å². The lowest BCUT2D eigenvalue weighted by Gasteiger charge is -2.31. The van der Waals surface area contributed by atoms with Crippen LogP contribution in [0.1, 0.15) is 45.6 Å². The number of hydrogen-bond donors (Lipinski definition) is 1. The van der Waals surface area contributed by atoms with E-state index in [-0.39, 0.29) is 5.97 Å². The average Bonchev–Trinajstić information content (AvgIpc) is 2.59. The number of hydrogen-bond acceptors (Lipinski definition) is 4. The summed E-state index contributed by atoms with van der Waals surface area (Å²) in [6.07, 6.45) is 3.57. The van der Waals surface area contributed by atoms with E-state index >= 15 is 0 Å². The van der Waals surface area contributed by atoms with E-state index in [4.69, 9.17) is 10.5 Å². The summed E-state index contributed by atoms with van der Waals surface area (Å²) in [5.41, 5.74) is 10.0. The number of thioether (sulfide) groups is 1. The van der Waals surface area contributed by atoms with Crippen LogP contribution in [0, 0.1) is 5.92 Å². The first-order valence-corrected chi connectivity index (χ1v) is 9.75. The molecule has 0 saturated heterocycles. The van der Waals surface area contributed by atoms with Crippen molar-refractivity contribution in [1.82, 2.24) is 0 Å². The Labute approximate surface area is 150 Å². The lowest BCUT2D eigenvalue weighted by molar-refractivity contribution is -0.145. The minimum Gasteiger partial charge on any atom is -0.460 e. The lowest BCUT2D eigenvalue weighted by Crippen LogP contribution is -2.36. The molecular weight excluding hydrogens is 318 g/mol. The summed E-state index contributed by atoms with van der Waals surface area (Å²) < 4.78 is 5.33. The van der Waals surface area contributed by atoms with Gasteiger partial charge >= 0.3 is 5.97 Å². The lowest BCUT2D eigenvalue weighted by atomic mass is 9.85. The first kappa shape index (κ1) is 19.1. The monoisotopic (exact) mass is 347 g/mol. The smallest absolute Gasteiger partial charge is 0.324 e. The second-order valence-electron chi connectivity index (χ2n) is 6.90. The summed E-state index contributed by atoms with van der Waals surface area (Å²) in [5.74, 6) is 0.987. The SMILES string of the molecule is CC(C)=C1CCC(C)C(SC[C@H](N)C(=O)OCc2ccccc2)C1. The van der Waals surface area contributed by atoms with Gasteiger partial charge in [0.1, 0.15) is 12.6 Å². The summed E-state index contributed by atoms with van der Waals surface area (Å²) >= 11 is 1.82. The summed E-state index contributed by atoms with van der Waals surface area (Å²) in [7, 11) is 0. The van der Waals surface area contributed by atoms with Crippen molar-refractivity contribution in [2.45, 2.75) is 57.9 Å². The summed E-state index contributed by atoms with van der Waals surface area (Å²) in [4.78, 5) is 12.1. The predicted molar refractivity (Wildman–Crippen MR) is 102 cm³/mol. The highest BCUT2D eigenvalue weighted by atomic mass is 32.2. The van der Waals surface area contributed by atoms with E-state index in [1.165, 1.54) is 18.4 Å². The van der Waals surface area contributed by atoms with Gasteiger partial charge in [0.15, 0.2) is 0 Å². The van der Waals surface area contributed by atoms with Gasteiger partial charge in [-0.3, -0.25) is 4.79 Å². The van der Waals surface area contributed by atoms with Crippen LogP contribution in [0.4, 0.5) is 0 Å². The Morgan fingerprint density at radius 2 is 2.04 bits per heavy atom. The molecule has 1 aliphatic rings. The molecule has 1 fully saturated rings. The molecule has 0 radical (unpaired) electrons. The molecule has 2 rings (SSSR count). The standard InChI is InChI=1S/C20H29NO2S/c1-14(2)17-10-9-15(3)19(11-17)24-13-18(21)20(22)23-12-16-7-5-4-6-8-16/h4-8,15,18-19H,9-13,21H2,1-3H3/t15?,18-,19?/m0/s1. The van der Waals surface area contributed by atoms with E-state index < -0.39 is 6.04 Å². The second-order valence-corrected chi connectivity index (χ2v) is 8.17. The van der Waals surface area contributed by atoms with Crippen LogP contribution in [0.3, 0.4) is 0 Å². The Morgan fingerprint density at radius 3 is 2.71 bits per heavy atom.